The molecule has 0 bridgehead atoms. The van der Waals surface area contributed by atoms with E-state index < -0.39 is 6.04 Å². The Morgan fingerprint density at radius 2 is 1.66 bits per heavy atom. The van der Waals surface area contributed by atoms with Gasteiger partial charge in [0.2, 0.25) is 0 Å². The lowest BCUT2D eigenvalue weighted by molar-refractivity contribution is -0.114. The first-order valence-corrected chi connectivity index (χ1v) is 12.0. The molecule has 1 atom stereocenters. The fourth-order valence-electron chi connectivity index (χ4n) is 4.70. The summed E-state index contributed by atoms with van der Waals surface area (Å²) in [6.45, 7) is 3.32. The second kappa shape index (κ2) is 9.00. The van der Waals surface area contributed by atoms with Crippen molar-refractivity contribution in [2.75, 3.05) is 14.2 Å². The van der Waals surface area contributed by atoms with Gasteiger partial charge in [-0.15, -0.1) is 0 Å². The lowest BCUT2D eigenvalue weighted by Crippen LogP contribution is -2.39. The summed E-state index contributed by atoms with van der Waals surface area (Å²) in [6, 6.07) is 18.6. The molecule has 0 saturated carbocycles. The third-order valence-electron chi connectivity index (χ3n) is 6.26. The minimum atomic E-state index is -0.616. The van der Waals surface area contributed by atoms with E-state index in [-0.39, 0.29) is 11.3 Å². The number of ketones is 1. The minimum Gasteiger partial charge on any atom is -0.496 e. The molecule has 2 heterocycles. The van der Waals surface area contributed by atoms with Crippen LogP contribution in [0, 0.1) is 0 Å². The van der Waals surface area contributed by atoms with Gasteiger partial charge < -0.3 is 9.47 Å². The summed E-state index contributed by atoms with van der Waals surface area (Å²) in [4.78, 5) is 31.8. The molecular weight excluding hydrogens is 460 g/mol. The maximum absolute atomic E-state index is 13.8. The van der Waals surface area contributed by atoms with Gasteiger partial charge >= 0.3 is 0 Å². The smallest absolute Gasteiger partial charge is 0.271 e. The van der Waals surface area contributed by atoms with Crippen molar-refractivity contribution in [1.29, 1.82) is 0 Å². The molecule has 0 unspecified atom stereocenters. The van der Waals surface area contributed by atoms with E-state index in [9.17, 15) is 9.59 Å². The van der Waals surface area contributed by atoms with Crippen molar-refractivity contribution >= 4 is 34.0 Å². The van der Waals surface area contributed by atoms with Gasteiger partial charge in [-0.1, -0.05) is 59.9 Å². The van der Waals surface area contributed by atoms with E-state index in [4.69, 9.17) is 9.47 Å². The predicted octanol–water partition coefficient (Wildman–Crippen LogP) is 3.99. The van der Waals surface area contributed by atoms with E-state index in [1.54, 1.807) is 18.8 Å². The average Bonchev–Trinajstić information content (AvgIpc) is 3.17. The third kappa shape index (κ3) is 3.78. The molecule has 3 aromatic carbocycles. The average molecular weight is 485 g/mol. The first-order valence-electron chi connectivity index (χ1n) is 11.2. The summed E-state index contributed by atoms with van der Waals surface area (Å²) in [5.74, 6) is 1.26. The number of rotatable bonds is 5. The van der Waals surface area contributed by atoms with Crippen molar-refractivity contribution < 1.29 is 14.3 Å². The zero-order valence-corrected chi connectivity index (χ0v) is 20.7. The highest BCUT2D eigenvalue weighted by atomic mass is 32.1. The first-order chi connectivity index (χ1) is 16.9. The molecule has 0 N–H and O–H groups in total. The Morgan fingerprint density at radius 3 is 2.37 bits per heavy atom. The van der Waals surface area contributed by atoms with Crippen LogP contribution in [0.25, 0.3) is 16.8 Å². The van der Waals surface area contributed by atoms with Gasteiger partial charge in [0.15, 0.2) is 10.6 Å². The Kier molecular flexibility index (Phi) is 5.86. The monoisotopic (exact) mass is 484 g/mol. The second-order valence-corrected chi connectivity index (χ2v) is 9.29. The van der Waals surface area contributed by atoms with Crippen LogP contribution in [-0.2, 0) is 4.79 Å². The van der Waals surface area contributed by atoms with E-state index >= 15 is 0 Å². The lowest BCUT2D eigenvalue weighted by atomic mass is 9.93. The first kappa shape index (κ1) is 22.8. The number of para-hydroxylation sites is 1. The van der Waals surface area contributed by atoms with Gasteiger partial charge in [0.1, 0.15) is 11.5 Å². The Labute approximate surface area is 206 Å². The maximum Gasteiger partial charge on any atom is 0.271 e. The fraction of sp³-hybridized carbons (Fsp3) is 0.179. The molecule has 1 aliphatic heterocycles. The van der Waals surface area contributed by atoms with Crippen molar-refractivity contribution in [2.45, 2.75) is 19.9 Å². The summed E-state index contributed by atoms with van der Waals surface area (Å²) < 4.78 is 13.3. The summed E-state index contributed by atoms with van der Waals surface area (Å²) in [5.41, 5.74) is 2.55. The van der Waals surface area contributed by atoms with Gasteiger partial charge in [-0.3, -0.25) is 14.2 Å². The number of ether oxygens (including phenoxy) is 2. The number of fused-ring (bicyclic) bond motifs is 2. The molecule has 1 aliphatic rings. The van der Waals surface area contributed by atoms with E-state index in [0.717, 1.165) is 27.6 Å². The van der Waals surface area contributed by atoms with E-state index in [1.807, 2.05) is 73.7 Å². The van der Waals surface area contributed by atoms with Gasteiger partial charge in [0.05, 0.1) is 24.8 Å². The standard InChI is InChI=1S/C28H24N2O4S/c1-16-25(17(2)31)26(21-11-7-8-12-22(21)33-3)30-27(32)24(35-28(30)29-16)15-18-13-14-23(34-4)20-10-6-5-9-19(18)20/h5-15,26H,1-4H3/b24-15-/t26-/m1/s1. The fourth-order valence-corrected chi connectivity index (χ4v) is 5.73. The number of Topliss-reactive ketones (excluding diaryl/α,β-unsaturated/α-hetero) is 1. The van der Waals surface area contributed by atoms with Crippen molar-refractivity contribution in [3.05, 3.63) is 103 Å². The van der Waals surface area contributed by atoms with Crippen LogP contribution in [-0.4, -0.2) is 24.6 Å². The highest BCUT2D eigenvalue weighted by Crippen LogP contribution is 2.35. The maximum atomic E-state index is 13.8. The topological polar surface area (TPSA) is 69.9 Å². The normalized spacial score (nSPS) is 15.7. The van der Waals surface area contributed by atoms with Crippen LogP contribution in [0.5, 0.6) is 11.5 Å². The van der Waals surface area contributed by atoms with Crippen molar-refractivity contribution in [1.82, 2.24) is 4.57 Å². The molecule has 35 heavy (non-hydrogen) atoms. The van der Waals surface area contributed by atoms with Crippen LogP contribution >= 0.6 is 11.3 Å². The van der Waals surface area contributed by atoms with Crippen LogP contribution < -0.4 is 24.4 Å². The lowest BCUT2D eigenvalue weighted by Gasteiger charge is -2.25. The molecule has 0 aliphatic carbocycles. The van der Waals surface area contributed by atoms with Crippen molar-refractivity contribution in [3.8, 4) is 11.5 Å². The van der Waals surface area contributed by atoms with Gasteiger partial charge in [-0.05, 0) is 43.0 Å². The molecule has 6 nitrogen and oxygen atoms in total. The summed E-state index contributed by atoms with van der Waals surface area (Å²) in [6.07, 6.45) is 1.89. The SMILES string of the molecule is COc1ccccc1[C@@H]1C(C(C)=O)=C(C)N=c2s/c(=C\c3ccc(OC)c4ccccc34)c(=O)n21. The number of aromatic nitrogens is 1. The van der Waals surface area contributed by atoms with Crippen molar-refractivity contribution in [3.63, 3.8) is 0 Å². The molecule has 1 aromatic heterocycles. The molecule has 0 saturated heterocycles. The molecule has 0 fully saturated rings. The number of carbonyl (C=O) groups is 1. The van der Waals surface area contributed by atoms with E-state index in [0.29, 0.717) is 26.4 Å². The number of carbonyl (C=O) groups excluding carboxylic acids is 1. The molecule has 176 valence electrons. The molecule has 4 aromatic rings. The van der Waals surface area contributed by atoms with Crippen molar-refractivity contribution in [2.24, 2.45) is 4.99 Å². The zero-order valence-electron chi connectivity index (χ0n) is 19.9. The van der Waals surface area contributed by atoms with Gasteiger partial charge in [-0.25, -0.2) is 4.99 Å². The van der Waals surface area contributed by atoms with Gasteiger partial charge in [-0.2, -0.15) is 0 Å². The van der Waals surface area contributed by atoms with Gasteiger partial charge in [0, 0.05) is 22.2 Å². The van der Waals surface area contributed by atoms with Crippen LogP contribution in [0.15, 0.2) is 81.7 Å². The molecule has 0 amide bonds. The Balaban J connectivity index is 1.79. The highest BCUT2D eigenvalue weighted by molar-refractivity contribution is 7.07. The number of hydrogen-bond acceptors (Lipinski definition) is 6. The number of allylic oxidation sites excluding steroid dienone is 2. The predicted molar refractivity (Wildman–Crippen MR) is 138 cm³/mol. The molecule has 0 spiro atoms. The summed E-state index contributed by atoms with van der Waals surface area (Å²) >= 11 is 1.32. The van der Waals surface area contributed by atoms with E-state index in [2.05, 4.69) is 4.99 Å². The Morgan fingerprint density at radius 1 is 0.971 bits per heavy atom. The number of hydrogen-bond donors (Lipinski definition) is 0. The van der Waals surface area contributed by atoms with Gasteiger partial charge in [0.25, 0.3) is 5.56 Å². The van der Waals surface area contributed by atoms with Crippen LogP contribution in [0.4, 0.5) is 0 Å². The Hall–Kier alpha value is -3.97. The number of thiazole rings is 1. The molecule has 5 rings (SSSR count). The third-order valence-corrected chi connectivity index (χ3v) is 7.24. The van der Waals surface area contributed by atoms with Crippen LogP contribution in [0.1, 0.15) is 31.0 Å². The van der Waals surface area contributed by atoms with E-state index in [1.165, 1.54) is 18.3 Å². The zero-order chi connectivity index (χ0) is 24.7. The van der Waals surface area contributed by atoms with Crippen LogP contribution in [0.2, 0.25) is 0 Å². The summed E-state index contributed by atoms with van der Waals surface area (Å²) in [5, 5.41) is 1.96. The summed E-state index contributed by atoms with van der Waals surface area (Å²) in [7, 11) is 3.23. The van der Waals surface area contributed by atoms with Crippen LogP contribution in [0.3, 0.4) is 0 Å². The number of nitrogens with zero attached hydrogens (tertiary/aromatic N) is 2. The number of benzene rings is 3. The molecular formula is C28H24N2O4S. The second-order valence-electron chi connectivity index (χ2n) is 8.28. The largest absolute Gasteiger partial charge is 0.496 e. The Bertz CT molecular complexity index is 1690. The highest BCUT2D eigenvalue weighted by Gasteiger charge is 2.32. The molecule has 0 radical (unpaired) electrons. The molecule has 7 heteroatoms. The minimum absolute atomic E-state index is 0.127. The quantitative estimate of drug-likeness (QED) is 0.430. The number of methoxy groups -OCH3 is 2.